The molecule has 18 heavy (non-hydrogen) atoms. The fourth-order valence-corrected chi connectivity index (χ4v) is 2.26. The van der Waals surface area contributed by atoms with Gasteiger partial charge in [0.2, 0.25) is 0 Å². The lowest BCUT2D eigenvalue weighted by Crippen LogP contribution is -2.43. The van der Waals surface area contributed by atoms with Gasteiger partial charge in [-0.15, -0.1) is 0 Å². The van der Waals surface area contributed by atoms with Crippen LogP contribution in [-0.2, 0) is 6.42 Å². The largest absolute Gasteiger partial charge is 0.313 e. The predicted molar refractivity (Wildman–Crippen MR) is 81.0 cm³/mol. The zero-order chi connectivity index (χ0) is 13.6. The average Bonchev–Trinajstić information content (AvgIpc) is 2.34. The molecule has 1 aromatic rings. The summed E-state index contributed by atoms with van der Waals surface area (Å²) in [6.07, 6.45) is 3.53. The van der Waals surface area contributed by atoms with Gasteiger partial charge in [-0.3, -0.25) is 0 Å². The van der Waals surface area contributed by atoms with E-state index < -0.39 is 0 Å². The summed E-state index contributed by atoms with van der Waals surface area (Å²) in [5, 5.41) is 3.73. The standard InChI is InChI=1S/C17H29N/c1-6-11-18-16(17(4,5)7-2)13-15-10-8-9-14(3)12-15/h8-10,12,16,18H,6-7,11,13H2,1-5H3. The van der Waals surface area contributed by atoms with Crippen molar-refractivity contribution in [3.05, 3.63) is 35.4 Å². The van der Waals surface area contributed by atoms with Gasteiger partial charge in [0.15, 0.2) is 0 Å². The van der Waals surface area contributed by atoms with E-state index in [0.717, 1.165) is 13.0 Å². The van der Waals surface area contributed by atoms with Crippen LogP contribution in [0.25, 0.3) is 0 Å². The summed E-state index contributed by atoms with van der Waals surface area (Å²) in [6, 6.07) is 9.46. The van der Waals surface area contributed by atoms with Crippen LogP contribution in [0.5, 0.6) is 0 Å². The van der Waals surface area contributed by atoms with E-state index in [2.05, 4.69) is 64.2 Å². The lowest BCUT2D eigenvalue weighted by molar-refractivity contribution is 0.230. The molecule has 0 radical (unpaired) electrons. The first-order valence-corrected chi connectivity index (χ1v) is 7.28. The van der Waals surface area contributed by atoms with Crippen molar-refractivity contribution >= 4 is 0 Å². The van der Waals surface area contributed by atoms with Gasteiger partial charge < -0.3 is 5.32 Å². The number of rotatable bonds is 7. The topological polar surface area (TPSA) is 12.0 Å². The molecule has 0 bridgehead atoms. The maximum Gasteiger partial charge on any atom is 0.0158 e. The molecule has 0 amide bonds. The molecule has 0 spiro atoms. The Labute approximate surface area is 113 Å². The molecule has 0 aliphatic heterocycles. The van der Waals surface area contributed by atoms with Crippen LogP contribution in [0, 0.1) is 12.3 Å². The SMILES string of the molecule is CCCNC(Cc1cccc(C)c1)C(C)(C)CC. The molecule has 1 unspecified atom stereocenters. The number of hydrogen-bond donors (Lipinski definition) is 1. The highest BCUT2D eigenvalue weighted by Crippen LogP contribution is 2.27. The molecule has 0 fully saturated rings. The first-order valence-electron chi connectivity index (χ1n) is 7.28. The van der Waals surface area contributed by atoms with E-state index in [-0.39, 0.29) is 0 Å². The fourth-order valence-electron chi connectivity index (χ4n) is 2.26. The Morgan fingerprint density at radius 3 is 2.50 bits per heavy atom. The van der Waals surface area contributed by atoms with Crippen LogP contribution < -0.4 is 5.32 Å². The summed E-state index contributed by atoms with van der Waals surface area (Å²) in [4.78, 5) is 0. The number of benzene rings is 1. The van der Waals surface area contributed by atoms with E-state index in [1.165, 1.54) is 24.0 Å². The van der Waals surface area contributed by atoms with E-state index in [0.29, 0.717) is 11.5 Å². The average molecular weight is 247 g/mol. The maximum absolute atomic E-state index is 3.73. The Kier molecular flexibility index (Phi) is 5.87. The zero-order valence-corrected chi connectivity index (χ0v) is 12.7. The van der Waals surface area contributed by atoms with Crippen molar-refractivity contribution in [3.63, 3.8) is 0 Å². The zero-order valence-electron chi connectivity index (χ0n) is 12.7. The predicted octanol–water partition coefficient (Wildman–Crippen LogP) is 4.34. The highest BCUT2D eigenvalue weighted by molar-refractivity contribution is 5.23. The quantitative estimate of drug-likeness (QED) is 0.755. The summed E-state index contributed by atoms with van der Waals surface area (Å²) in [6.45, 7) is 12.5. The van der Waals surface area contributed by atoms with Crippen LogP contribution in [-0.4, -0.2) is 12.6 Å². The van der Waals surface area contributed by atoms with Gasteiger partial charge in [-0.1, -0.05) is 57.5 Å². The molecule has 0 saturated carbocycles. The van der Waals surface area contributed by atoms with E-state index in [4.69, 9.17) is 0 Å². The monoisotopic (exact) mass is 247 g/mol. The number of aryl methyl sites for hydroxylation is 1. The van der Waals surface area contributed by atoms with Crippen LogP contribution in [0.2, 0.25) is 0 Å². The first kappa shape index (κ1) is 15.2. The lowest BCUT2D eigenvalue weighted by atomic mass is 9.78. The molecule has 0 aliphatic carbocycles. The Morgan fingerprint density at radius 1 is 1.22 bits per heavy atom. The summed E-state index contributed by atoms with van der Waals surface area (Å²) in [5.41, 5.74) is 3.15. The molecule has 1 atom stereocenters. The van der Waals surface area contributed by atoms with Crippen molar-refractivity contribution in [1.29, 1.82) is 0 Å². The van der Waals surface area contributed by atoms with Crippen molar-refractivity contribution < 1.29 is 0 Å². The molecule has 1 aromatic carbocycles. The molecule has 0 aromatic heterocycles. The molecule has 1 N–H and O–H groups in total. The summed E-state index contributed by atoms with van der Waals surface area (Å²) in [7, 11) is 0. The minimum atomic E-state index is 0.346. The molecule has 0 heterocycles. The molecule has 0 aliphatic rings. The Balaban J connectivity index is 2.78. The van der Waals surface area contributed by atoms with Crippen molar-refractivity contribution in [2.24, 2.45) is 5.41 Å². The second kappa shape index (κ2) is 6.94. The molecule has 102 valence electrons. The van der Waals surface area contributed by atoms with Crippen molar-refractivity contribution in [1.82, 2.24) is 5.32 Å². The fraction of sp³-hybridized carbons (Fsp3) is 0.647. The van der Waals surface area contributed by atoms with E-state index in [9.17, 15) is 0 Å². The van der Waals surface area contributed by atoms with Gasteiger partial charge in [0.05, 0.1) is 0 Å². The number of hydrogen-bond acceptors (Lipinski definition) is 1. The van der Waals surface area contributed by atoms with Gasteiger partial charge in [-0.25, -0.2) is 0 Å². The Hall–Kier alpha value is -0.820. The molecular formula is C17H29N. The van der Waals surface area contributed by atoms with Crippen LogP contribution in [0.4, 0.5) is 0 Å². The third-order valence-electron chi connectivity index (χ3n) is 4.02. The van der Waals surface area contributed by atoms with Gasteiger partial charge in [0, 0.05) is 6.04 Å². The highest BCUT2D eigenvalue weighted by Gasteiger charge is 2.27. The van der Waals surface area contributed by atoms with Crippen LogP contribution in [0.1, 0.15) is 51.7 Å². The van der Waals surface area contributed by atoms with Gasteiger partial charge in [0.1, 0.15) is 0 Å². The van der Waals surface area contributed by atoms with Crippen molar-refractivity contribution in [2.75, 3.05) is 6.54 Å². The third-order valence-corrected chi connectivity index (χ3v) is 4.02. The van der Waals surface area contributed by atoms with Crippen molar-refractivity contribution in [3.8, 4) is 0 Å². The Morgan fingerprint density at radius 2 is 1.94 bits per heavy atom. The normalized spacial score (nSPS) is 13.6. The molecule has 0 saturated heterocycles. The van der Waals surface area contributed by atoms with E-state index >= 15 is 0 Å². The van der Waals surface area contributed by atoms with Crippen molar-refractivity contribution in [2.45, 2.75) is 59.9 Å². The number of nitrogens with one attached hydrogen (secondary N) is 1. The van der Waals surface area contributed by atoms with Crippen LogP contribution in [0.3, 0.4) is 0 Å². The molecule has 1 nitrogen and oxygen atoms in total. The van der Waals surface area contributed by atoms with E-state index in [1.54, 1.807) is 0 Å². The second-order valence-electron chi connectivity index (χ2n) is 6.04. The maximum atomic E-state index is 3.73. The van der Waals surface area contributed by atoms with Crippen LogP contribution in [0.15, 0.2) is 24.3 Å². The first-order chi connectivity index (χ1) is 8.49. The smallest absolute Gasteiger partial charge is 0.0158 e. The van der Waals surface area contributed by atoms with Gasteiger partial charge >= 0.3 is 0 Å². The summed E-state index contributed by atoms with van der Waals surface area (Å²) < 4.78 is 0. The van der Waals surface area contributed by atoms with Gasteiger partial charge in [-0.2, -0.15) is 0 Å². The minimum absolute atomic E-state index is 0.346. The van der Waals surface area contributed by atoms with Gasteiger partial charge in [0.25, 0.3) is 0 Å². The summed E-state index contributed by atoms with van der Waals surface area (Å²) >= 11 is 0. The minimum Gasteiger partial charge on any atom is -0.313 e. The van der Waals surface area contributed by atoms with Crippen LogP contribution >= 0.6 is 0 Å². The second-order valence-corrected chi connectivity index (χ2v) is 6.04. The Bertz CT molecular complexity index is 354. The van der Waals surface area contributed by atoms with Gasteiger partial charge in [-0.05, 0) is 43.7 Å². The molecule has 1 heteroatoms. The summed E-state index contributed by atoms with van der Waals surface area (Å²) in [5.74, 6) is 0. The molecular weight excluding hydrogens is 218 g/mol. The lowest BCUT2D eigenvalue weighted by Gasteiger charge is -2.34. The highest BCUT2D eigenvalue weighted by atomic mass is 14.9. The third kappa shape index (κ3) is 4.45. The van der Waals surface area contributed by atoms with E-state index in [1.807, 2.05) is 0 Å². The molecule has 1 rings (SSSR count).